The van der Waals surface area contributed by atoms with Gasteiger partial charge in [0.05, 0.1) is 21.3 Å². The first kappa shape index (κ1) is 19.1. The topological polar surface area (TPSA) is 109 Å². The van der Waals surface area contributed by atoms with Gasteiger partial charge in [0.2, 0.25) is 0 Å². The fourth-order valence-corrected chi connectivity index (χ4v) is 4.64. The minimum absolute atomic E-state index is 0.0550. The van der Waals surface area contributed by atoms with Gasteiger partial charge < -0.3 is 10.2 Å². The molecular formula is C14H22O6S2. The highest BCUT2D eigenvalue weighted by Crippen LogP contribution is 2.18. The summed E-state index contributed by atoms with van der Waals surface area (Å²) in [5.41, 5.74) is 0. The van der Waals surface area contributed by atoms with Crippen molar-refractivity contribution in [2.45, 2.75) is 35.5 Å². The van der Waals surface area contributed by atoms with Crippen LogP contribution in [0, 0.1) is 0 Å². The van der Waals surface area contributed by atoms with Crippen LogP contribution in [0.15, 0.2) is 34.1 Å². The minimum atomic E-state index is -3.45. The number of hydrogen-bond acceptors (Lipinski definition) is 6. The smallest absolute Gasteiger partial charge is 0.178 e. The molecule has 0 atom stereocenters. The van der Waals surface area contributed by atoms with Crippen LogP contribution in [-0.4, -0.2) is 51.8 Å². The monoisotopic (exact) mass is 350 g/mol. The van der Waals surface area contributed by atoms with Crippen molar-refractivity contribution in [1.82, 2.24) is 0 Å². The average molecular weight is 350 g/mol. The summed E-state index contributed by atoms with van der Waals surface area (Å²) in [6.45, 7) is -0.110. The number of hydrogen-bond donors (Lipinski definition) is 2. The van der Waals surface area contributed by atoms with Gasteiger partial charge in [0.1, 0.15) is 0 Å². The van der Waals surface area contributed by atoms with E-state index in [2.05, 4.69) is 0 Å². The first-order valence-corrected chi connectivity index (χ1v) is 10.4. The zero-order valence-electron chi connectivity index (χ0n) is 12.3. The zero-order chi connectivity index (χ0) is 16.6. The average Bonchev–Trinajstić information content (AvgIpc) is 2.48. The van der Waals surface area contributed by atoms with E-state index in [1.165, 1.54) is 24.3 Å². The number of benzene rings is 1. The van der Waals surface area contributed by atoms with Gasteiger partial charge >= 0.3 is 0 Å². The SMILES string of the molecule is O=S(=O)(CCCCO)c1ccc(S(=O)(=O)CCCCO)cc1. The maximum Gasteiger partial charge on any atom is 0.178 e. The molecule has 0 saturated carbocycles. The molecule has 1 aromatic rings. The third-order valence-corrected chi connectivity index (χ3v) is 6.82. The molecule has 0 aliphatic heterocycles. The molecule has 0 heterocycles. The van der Waals surface area contributed by atoms with Crippen LogP contribution in [0.3, 0.4) is 0 Å². The van der Waals surface area contributed by atoms with Gasteiger partial charge in [-0.25, -0.2) is 16.8 Å². The van der Waals surface area contributed by atoms with Gasteiger partial charge in [0, 0.05) is 13.2 Å². The van der Waals surface area contributed by atoms with E-state index in [1.807, 2.05) is 0 Å². The van der Waals surface area contributed by atoms with Crippen molar-refractivity contribution in [1.29, 1.82) is 0 Å². The molecular weight excluding hydrogens is 328 g/mol. The number of aliphatic hydroxyl groups excluding tert-OH is 2. The van der Waals surface area contributed by atoms with E-state index >= 15 is 0 Å². The lowest BCUT2D eigenvalue weighted by atomic mass is 10.4. The molecule has 0 fully saturated rings. The number of rotatable bonds is 10. The Balaban J connectivity index is 2.82. The Morgan fingerprint density at radius 1 is 0.636 bits per heavy atom. The van der Waals surface area contributed by atoms with Crippen LogP contribution >= 0.6 is 0 Å². The highest BCUT2D eigenvalue weighted by Gasteiger charge is 2.17. The second kappa shape index (κ2) is 8.61. The molecule has 126 valence electrons. The molecule has 0 radical (unpaired) electrons. The van der Waals surface area contributed by atoms with Crippen LogP contribution in [0.5, 0.6) is 0 Å². The highest BCUT2D eigenvalue weighted by molar-refractivity contribution is 7.91. The molecule has 0 amide bonds. The number of sulfone groups is 2. The van der Waals surface area contributed by atoms with Crippen LogP contribution in [0.4, 0.5) is 0 Å². The van der Waals surface area contributed by atoms with Gasteiger partial charge in [-0.05, 0) is 49.9 Å². The molecule has 1 aromatic carbocycles. The summed E-state index contributed by atoms with van der Waals surface area (Å²) in [6, 6.07) is 5.20. The first-order valence-electron chi connectivity index (χ1n) is 7.11. The van der Waals surface area contributed by atoms with Gasteiger partial charge in [-0.1, -0.05) is 0 Å². The summed E-state index contributed by atoms with van der Waals surface area (Å²) in [6.07, 6.45) is 1.55. The highest BCUT2D eigenvalue weighted by atomic mass is 32.2. The maximum absolute atomic E-state index is 12.0. The normalized spacial score (nSPS) is 12.5. The molecule has 8 heteroatoms. The summed E-state index contributed by atoms with van der Waals surface area (Å²) in [7, 11) is -6.91. The summed E-state index contributed by atoms with van der Waals surface area (Å²) >= 11 is 0. The predicted molar refractivity (Wildman–Crippen MR) is 83.2 cm³/mol. The second-order valence-corrected chi connectivity index (χ2v) is 9.19. The lowest BCUT2D eigenvalue weighted by Gasteiger charge is -2.07. The van der Waals surface area contributed by atoms with Gasteiger partial charge in [0.25, 0.3) is 0 Å². The third kappa shape index (κ3) is 5.68. The Kier molecular flexibility index (Phi) is 7.47. The fourth-order valence-electron chi connectivity index (χ4n) is 1.90. The fraction of sp³-hybridized carbons (Fsp3) is 0.571. The first-order chi connectivity index (χ1) is 10.3. The number of unbranched alkanes of at least 4 members (excludes halogenated alkanes) is 2. The van der Waals surface area contributed by atoms with Crippen molar-refractivity contribution in [2.24, 2.45) is 0 Å². The van der Waals surface area contributed by atoms with Crippen LogP contribution < -0.4 is 0 Å². The summed E-state index contributed by atoms with van der Waals surface area (Å²) in [5, 5.41) is 17.3. The van der Waals surface area contributed by atoms with Crippen LogP contribution in [0.2, 0.25) is 0 Å². The Hall–Kier alpha value is -0.960. The van der Waals surface area contributed by atoms with Crippen molar-refractivity contribution in [2.75, 3.05) is 24.7 Å². The molecule has 0 unspecified atom stereocenters. The molecule has 0 aliphatic carbocycles. The molecule has 1 rings (SSSR count). The standard InChI is InChI=1S/C14H22O6S2/c15-9-1-3-11-21(17,18)13-5-7-14(8-6-13)22(19,20)12-4-2-10-16/h5-8,15-16H,1-4,9-12H2. The Bertz CT molecular complexity index is 588. The predicted octanol–water partition coefficient (Wildman–Crippen LogP) is 0.779. The van der Waals surface area contributed by atoms with E-state index in [-0.39, 0.29) is 34.5 Å². The molecule has 0 spiro atoms. The Morgan fingerprint density at radius 3 is 1.23 bits per heavy atom. The lowest BCUT2D eigenvalue weighted by molar-refractivity contribution is 0.287. The third-order valence-electron chi connectivity index (χ3n) is 3.18. The van der Waals surface area contributed by atoms with Crippen molar-refractivity contribution >= 4 is 19.7 Å². The van der Waals surface area contributed by atoms with Crippen molar-refractivity contribution in [3.05, 3.63) is 24.3 Å². The van der Waals surface area contributed by atoms with Crippen molar-refractivity contribution in [3.8, 4) is 0 Å². The van der Waals surface area contributed by atoms with E-state index in [9.17, 15) is 16.8 Å². The van der Waals surface area contributed by atoms with Crippen LogP contribution in [0.25, 0.3) is 0 Å². The minimum Gasteiger partial charge on any atom is -0.396 e. The van der Waals surface area contributed by atoms with E-state index in [0.717, 1.165) is 0 Å². The lowest BCUT2D eigenvalue weighted by Crippen LogP contribution is -2.10. The molecule has 0 saturated heterocycles. The molecule has 0 aromatic heterocycles. The molecule has 0 bridgehead atoms. The van der Waals surface area contributed by atoms with Crippen LogP contribution in [0.1, 0.15) is 25.7 Å². The quantitative estimate of drug-likeness (QED) is 0.604. The van der Waals surface area contributed by atoms with E-state index in [0.29, 0.717) is 25.7 Å². The largest absolute Gasteiger partial charge is 0.396 e. The van der Waals surface area contributed by atoms with Gasteiger partial charge in [-0.3, -0.25) is 0 Å². The van der Waals surface area contributed by atoms with Crippen molar-refractivity contribution in [3.63, 3.8) is 0 Å². The van der Waals surface area contributed by atoms with E-state index < -0.39 is 19.7 Å². The summed E-state index contributed by atoms with van der Waals surface area (Å²) in [5.74, 6) is -0.147. The van der Waals surface area contributed by atoms with Gasteiger partial charge in [0.15, 0.2) is 19.7 Å². The summed E-state index contributed by atoms with van der Waals surface area (Å²) in [4.78, 5) is 0.166. The Morgan fingerprint density at radius 2 is 0.955 bits per heavy atom. The Labute approximate surface area is 131 Å². The number of aliphatic hydroxyl groups is 2. The second-order valence-electron chi connectivity index (χ2n) is 4.97. The zero-order valence-corrected chi connectivity index (χ0v) is 13.9. The van der Waals surface area contributed by atoms with Crippen molar-refractivity contribution < 1.29 is 27.0 Å². The maximum atomic E-state index is 12.0. The van der Waals surface area contributed by atoms with Crippen LogP contribution in [-0.2, 0) is 19.7 Å². The molecule has 2 N–H and O–H groups in total. The molecule has 22 heavy (non-hydrogen) atoms. The van der Waals surface area contributed by atoms with Gasteiger partial charge in [-0.2, -0.15) is 0 Å². The summed E-state index contributed by atoms with van der Waals surface area (Å²) < 4.78 is 48.1. The van der Waals surface area contributed by atoms with E-state index in [1.54, 1.807) is 0 Å². The van der Waals surface area contributed by atoms with E-state index in [4.69, 9.17) is 10.2 Å². The molecule has 0 aliphatic rings. The van der Waals surface area contributed by atoms with Gasteiger partial charge in [-0.15, -0.1) is 0 Å². The molecule has 6 nitrogen and oxygen atoms in total.